The van der Waals surface area contributed by atoms with Crippen molar-refractivity contribution in [2.75, 3.05) is 7.11 Å². The summed E-state index contributed by atoms with van der Waals surface area (Å²) in [4.78, 5) is 11.2. The molecule has 3 nitrogen and oxygen atoms in total. The van der Waals surface area contributed by atoms with E-state index in [-0.39, 0.29) is 5.97 Å². The van der Waals surface area contributed by atoms with Gasteiger partial charge in [0.05, 0.1) is 18.8 Å². The molecule has 1 atom stereocenters. The van der Waals surface area contributed by atoms with Crippen molar-refractivity contribution >= 4 is 5.97 Å². The molecule has 0 heterocycles. The fourth-order valence-corrected chi connectivity index (χ4v) is 1.52. The summed E-state index contributed by atoms with van der Waals surface area (Å²) in [6, 6.07) is 6.89. The zero-order chi connectivity index (χ0) is 12.0. The van der Waals surface area contributed by atoms with Crippen LogP contribution in [0, 0.1) is 0 Å². The number of hydrogen-bond acceptors (Lipinski definition) is 3. The van der Waals surface area contributed by atoms with Gasteiger partial charge in [-0.05, 0) is 24.1 Å². The van der Waals surface area contributed by atoms with E-state index >= 15 is 0 Å². The first kappa shape index (κ1) is 12.7. The molecule has 1 aromatic rings. The molecule has 1 N–H and O–H groups in total. The average molecular weight is 222 g/mol. The fourth-order valence-electron chi connectivity index (χ4n) is 1.52. The highest BCUT2D eigenvalue weighted by molar-refractivity contribution is 5.89. The van der Waals surface area contributed by atoms with E-state index < -0.39 is 6.10 Å². The summed E-state index contributed by atoms with van der Waals surface area (Å²) in [5.41, 5.74) is 1.36. The number of carbonyl (C=O) groups is 1. The minimum absolute atomic E-state index is 0.352. The smallest absolute Gasteiger partial charge is 0.337 e. The standard InChI is InChI=1S/C13H18O3/c1-3-4-5-12(14)10-6-8-11(9-7-10)13(15)16-2/h6-9,12,14H,3-5H2,1-2H3/t12-/m1/s1. The van der Waals surface area contributed by atoms with Crippen molar-refractivity contribution in [3.05, 3.63) is 35.4 Å². The summed E-state index contributed by atoms with van der Waals surface area (Å²) < 4.78 is 4.60. The van der Waals surface area contributed by atoms with E-state index in [0.717, 1.165) is 24.8 Å². The second-order valence-corrected chi connectivity index (χ2v) is 3.77. The van der Waals surface area contributed by atoms with Crippen LogP contribution in [0.3, 0.4) is 0 Å². The summed E-state index contributed by atoms with van der Waals surface area (Å²) >= 11 is 0. The Morgan fingerprint density at radius 1 is 1.38 bits per heavy atom. The van der Waals surface area contributed by atoms with E-state index in [4.69, 9.17) is 0 Å². The van der Waals surface area contributed by atoms with Gasteiger partial charge in [-0.1, -0.05) is 31.9 Å². The van der Waals surface area contributed by atoms with Gasteiger partial charge in [0.25, 0.3) is 0 Å². The van der Waals surface area contributed by atoms with Crippen LogP contribution in [0.1, 0.15) is 48.2 Å². The molecule has 0 aliphatic carbocycles. The number of esters is 1. The number of hydrogen-bond donors (Lipinski definition) is 1. The Hall–Kier alpha value is -1.35. The maximum atomic E-state index is 11.2. The Balaban J connectivity index is 2.67. The molecule has 0 aliphatic heterocycles. The Morgan fingerprint density at radius 2 is 2.00 bits per heavy atom. The van der Waals surface area contributed by atoms with Gasteiger partial charge in [0.2, 0.25) is 0 Å². The number of ether oxygens (including phenoxy) is 1. The van der Waals surface area contributed by atoms with Crippen molar-refractivity contribution in [2.45, 2.75) is 32.3 Å². The van der Waals surface area contributed by atoms with Gasteiger partial charge in [-0.25, -0.2) is 4.79 Å². The summed E-state index contributed by atoms with van der Waals surface area (Å²) in [6.07, 6.45) is 2.39. The molecule has 0 radical (unpaired) electrons. The monoisotopic (exact) mass is 222 g/mol. The number of rotatable bonds is 5. The number of aliphatic hydroxyl groups is 1. The lowest BCUT2D eigenvalue weighted by atomic mass is 10.0. The van der Waals surface area contributed by atoms with Crippen LogP contribution < -0.4 is 0 Å². The predicted octanol–water partition coefficient (Wildman–Crippen LogP) is 2.70. The molecule has 1 rings (SSSR count). The fraction of sp³-hybridized carbons (Fsp3) is 0.462. The van der Waals surface area contributed by atoms with Crippen molar-refractivity contribution in [3.63, 3.8) is 0 Å². The third-order valence-electron chi connectivity index (χ3n) is 2.55. The average Bonchev–Trinajstić information content (AvgIpc) is 2.35. The normalized spacial score (nSPS) is 12.2. The van der Waals surface area contributed by atoms with Gasteiger partial charge in [0.1, 0.15) is 0 Å². The second kappa shape index (κ2) is 6.28. The third kappa shape index (κ3) is 3.35. The third-order valence-corrected chi connectivity index (χ3v) is 2.55. The van der Waals surface area contributed by atoms with E-state index in [1.807, 2.05) is 0 Å². The van der Waals surface area contributed by atoms with Crippen LogP contribution in [0.2, 0.25) is 0 Å². The van der Waals surface area contributed by atoms with Crippen LogP contribution in [0.5, 0.6) is 0 Å². The zero-order valence-corrected chi connectivity index (χ0v) is 9.77. The molecule has 16 heavy (non-hydrogen) atoms. The van der Waals surface area contributed by atoms with Crippen LogP contribution in [0.4, 0.5) is 0 Å². The van der Waals surface area contributed by atoms with Crippen LogP contribution in [-0.2, 0) is 4.74 Å². The molecule has 0 saturated heterocycles. The molecule has 3 heteroatoms. The molecule has 0 spiro atoms. The first-order valence-electron chi connectivity index (χ1n) is 5.55. The van der Waals surface area contributed by atoms with Gasteiger partial charge >= 0.3 is 5.97 Å². The lowest BCUT2D eigenvalue weighted by molar-refractivity contribution is 0.0600. The molecule has 0 fully saturated rings. The number of carbonyl (C=O) groups excluding carboxylic acids is 1. The van der Waals surface area contributed by atoms with Gasteiger partial charge in [-0.15, -0.1) is 0 Å². The Labute approximate surface area is 96.1 Å². The molecule has 0 aliphatic rings. The maximum absolute atomic E-state index is 11.2. The summed E-state index contributed by atoms with van der Waals surface area (Å²) in [5.74, 6) is -0.352. The molecule has 0 saturated carbocycles. The maximum Gasteiger partial charge on any atom is 0.337 e. The lowest BCUT2D eigenvalue weighted by Gasteiger charge is -2.10. The molecular formula is C13H18O3. The first-order valence-corrected chi connectivity index (χ1v) is 5.55. The van der Waals surface area contributed by atoms with Crippen molar-refractivity contribution in [2.24, 2.45) is 0 Å². The highest BCUT2D eigenvalue weighted by atomic mass is 16.5. The largest absolute Gasteiger partial charge is 0.465 e. The zero-order valence-electron chi connectivity index (χ0n) is 9.77. The van der Waals surface area contributed by atoms with Crippen LogP contribution in [-0.4, -0.2) is 18.2 Å². The Morgan fingerprint density at radius 3 is 2.50 bits per heavy atom. The van der Waals surface area contributed by atoms with Crippen LogP contribution >= 0.6 is 0 Å². The highest BCUT2D eigenvalue weighted by Crippen LogP contribution is 2.19. The lowest BCUT2D eigenvalue weighted by Crippen LogP contribution is -2.02. The van der Waals surface area contributed by atoms with Gasteiger partial charge in [-0.2, -0.15) is 0 Å². The van der Waals surface area contributed by atoms with Gasteiger partial charge in [0.15, 0.2) is 0 Å². The first-order chi connectivity index (χ1) is 7.69. The van der Waals surface area contributed by atoms with Crippen molar-refractivity contribution in [3.8, 4) is 0 Å². The van der Waals surface area contributed by atoms with Crippen LogP contribution in [0.25, 0.3) is 0 Å². The van der Waals surface area contributed by atoms with E-state index in [0.29, 0.717) is 5.56 Å². The minimum atomic E-state index is -0.438. The molecule has 0 amide bonds. The van der Waals surface area contributed by atoms with Crippen molar-refractivity contribution in [1.82, 2.24) is 0 Å². The summed E-state index contributed by atoms with van der Waals surface area (Å²) in [7, 11) is 1.35. The molecule has 1 aromatic carbocycles. The Bertz CT molecular complexity index is 330. The van der Waals surface area contributed by atoms with Crippen LogP contribution in [0.15, 0.2) is 24.3 Å². The highest BCUT2D eigenvalue weighted by Gasteiger charge is 2.09. The predicted molar refractivity (Wildman–Crippen MR) is 62.3 cm³/mol. The topological polar surface area (TPSA) is 46.5 Å². The van der Waals surface area contributed by atoms with E-state index in [9.17, 15) is 9.90 Å². The second-order valence-electron chi connectivity index (χ2n) is 3.77. The van der Waals surface area contributed by atoms with Gasteiger partial charge in [-0.3, -0.25) is 0 Å². The van der Waals surface area contributed by atoms with E-state index in [1.54, 1.807) is 24.3 Å². The summed E-state index contributed by atoms with van der Waals surface area (Å²) in [6.45, 7) is 2.09. The molecule has 0 aromatic heterocycles. The van der Waals surface area contributed by atoms with Gasteiger partial charge < -0.3 is 9.84 Å². The van der Waals surface area contributed by atoms with E-state index in [1.165, 1.54) is 7.11 Å². The molecule has 0 bridgehead atoms. The van der Waals surface area contributed by atoms with Gasteiger partial charge in [0, 0.05) is 0 Å². The SMILES string of the molecule is CCCC[C@@H](O)c1ccc(C(=O)OC)cc1. The minimum Gasteiger partial charge on any atom is -0.465 e. The number of aliphatic hydroxyl groups excluding tert-OH is 1. The number of methoxy groups -OCH3 is 1. The van der Waals surface area contributed by atoms with Crippen molar-refractivity contribution in [1.29, 1.82) is 0 Å². The molecule has 0 unspecified atom stereocenters. The van der Waals surface area contributed by atoms with Crippen molar-refractivity contribution < 1.29 is 14.6 Å². The van der Waals surface area contributed by atoms with E-state index in [2.05, 4.69) is 11.7 Å². The summed E-state index contributed by atoms with van der Waals surface area (Å²) in [5, 5.41) is 9.82. The quantitative estimate of drug-likeness (QED) is 0.779. The Kier molecular flexibility index (Phi) is 4.99. The molecule has 88 valence electrons. The number of benzene rings is 1. The number of unbranched alkanes of at least 4 members (excludes halogenated alkanes) is 1. The molecular weight excluding hydrogens is 204 g/mol.